The second-order valence-corrected chi connectivity index (χ2v) is 17.4. The van der Waals surface area contributed by atoms with Crippen molar-refractivity contribution in [1.29, 1.82) is 5.26 Å². The molecule has 0 bridgehead atoms. The third-order valence-corrected chi connectivity index (χ3v) is 11.4. The Bertz CT molecular complexity index is 2240. The van der Waals surface area contributed by atoms with Crippen molar-refractivity contribution in [3.8, 4) is 23.2 Å². The fraction of sp³-hybridized carbons (Fsp3) is 0.538. The van der Waals surface area contributed by atoms with E-state index in [1.807, 2.05) is 6.07 Å². The third-order valence-electron chi connectivity index (χ3n) is 10.3. The Morgan fingerprint density at radius 3 is 2.53 bits per heavy atom. The fourth-order valence-corrected chi connectivity index (χ4v) is 8.48. The molecule has 7 rings (SSSR count). The maximum absolute atomic E-state index is 17.4. The van der Waals surface area contributed by atoms with Gasteiger partial charge in [-0.3, -0.25) is 5.32 Å². The minimum absolute atomic E-state index is 0.0719. The highest BCUT2D eigenvalue weighted by Gasteiger charge is 2.46. The average molecular weight is 821 g/mol. The van der Waals surface area contributed by atoms with E-state index in [-0.39, 0.29) is 70.6 Å². The number of likely N-dealkylation sites (tertiary alicyclic amines) is 1. The van der Waals surface area contributed by atoms with E-state index in [1.54, 1.807) is 20.8 Å². The zero-order chi connectivity index (χ0) is 41.1. The van der Waals surface area contributed by atoms with Crippen molar-refractivity contribution >= 4 is 49.2 Å². The SMILES string of the molecule is CC1(O)COCCN(c2nc(OCC3(CN4CCC(F)CC4)CC3)nc3c(F)c(-c4ccc(F)c5sc(NC(=O)OC(C)(C)C)c(C#N)c45)c(C(F)(F)F)cc23)C1. The number of nitrogens with zero attached hydrogens (tertiary/aromatic N) is 5. The highest BCUT2D eigenvalue weighted by molar-refractivity contribution is 7.23. The number of ether oxygens (including phenoxy) is 3. The summed E-state index contributed by atoms with van der Waals surface area (Å²) in [4.78, 5) is 25.2. The summed E-state index contributed by atoms with van der Waals surface area (Å²) in [6.07, 6.45) is -4.56. The Morgan fingerprint density at radius 1 is 1.16 bits per heavy atom. The first kappa shape index (κ1) is 40.7. The molecular formula is C39H42F6N6O5S. The maximum Gasteiger partial charge on any atom is 0.417 e. The van der Waals surface area contributed by atoms with Crippen LogP contribution in [-0.2, 0) is 15.7 Å². The molecule has 0 radical (unpaired) electrons. The van der Waals surface area contributed by atoms with Gasteiger partial charge in [0, 0.05) is 47.9 Å². The first-order valence-corrected chi connectivity index (χ1v) is 19.4. The van der Waals surface area contributed by atoms with Crippen LogP contribution in [0.25, 0.3) is 32.1 Å². The minimum atomic E-state index is -5.19. The monoisotopic (exact) mass is 820 g/mol. The number of hydrogen-bond donors (Lipinski definition) is 2. The Balaban J connectivity index is 1.39. The number of hydrogen-bond acceptors (Lipinski definition) is 11. The molecule has 0 spiro atoms. The summed E-state index contributed by atoms with van der Waals surface area (Å²) in [6.45, 7) is 8.16. The lowest BCUT2D eigenvalue weighted by molar-refractivity contribution is -0.137. The van der Waals surface area contributed by atoms with Gasteiger partial charge in [0.2, 0.25) is 0 Å². The van der Waals surface area contributed by atoms with Crippen LogP contribution in [-0.4, -0.2) is 96.0 Å². The highest BCUT2D eigenvalue weighted by Crippen LogP contribution is 2.50. The predicted octanol–water partition coefficient (Wildman–Crippen LogP) is 8.21. The van der Waals surface area contributed by atoms with Crippen LogP contribution >= 0.6 is 11.3 Å². The number of rotatable bonds is 8. The number of fused-ring (bicyclic) bond motifs is 2. The van der Waals surface area contributed by atoms with E-state index >= 15 is 22.0 Å². The molecule has 57 heavy (non-hydrogen) atoms. The van der Waals surface area contributed by atoms with E-state index in [0.717, 1.165) is 25.0 Å². The molecule has 1 saturated carbocycles. The Kier molecular flexibility index (Phi) is 10.8. The van der Waals surface area contributed by atoms with Crippen molar-refractivity contribution < 1.29 is 50.5 Å². The topological polar surface area (TPSA) is 133 Å². The van der Waals surface area contributed by atoms with Crippen molar-refractivity contribution in [3.63, 3.8) is 0 Å². The highest BCUT2D eigenvalue weighted by atomic mass is 32.1. The second-order valence-electron chi connectivity index (χ2n) is 16.4. The summed E-state index contributed by atoms with van der Waals surface area (Å²) in [5, 5.41) is 22.8. The number of aromatic nitrogens is 2. The van der Waals surface area contributed by atoms with Gasteiger partial charge in [0.05, 0.1) is 42.2 Å². The van der Waals surface area contributed by atoms with Crippen LogP contribution in [0.1, 0.15) is 64.5 Å². The lowest BCUT2D eigenvalue weighted by Gasteiger charge is -2.32. The number of amides is 1. The van der Waals surface area contributed by atoms with Crippen LogP contribution in [0.2, 0.25) is 0 Å². The summed E-state index contributed by atoms with van der Waals surface area (Å²) in [6, 6.07) is 4.04. The van der Waals surface area contributed by atoms with Crippen LogP contribution in [0.5, 0.6) is 6.01 Å². The first-order chi connectivity index (χ1) is 26.8. The third kappa shape index (κ3) is 8.71. The van der Waals surface area contributed by atoms with E-state index in [4.69, 9.17) is 14.2 Å². The van der Waals surface area contributed by atoms with Crippen molar-refractivity contribution in [2.75, 3.05) is 62.8 Å². The lowest BCUT2D eigenvalue weighted by Crippen LogP contribution is -2.42. The maximum atomic E-state index is 17.4. The predicted molar refractivity (Wildman–Crippen MR) is 201 cm³/mol. The number of piperidine rings is 1. The summed E-state index contributed by atoms with van der Waals surface area (Å²) >= 11 is 0.591. The number of β-amino-alcohol motifs (C(OH)–C–C–N with tert-alkyl or cyclic N) is 1. The molecule has 2 aromatic heterocycles. The standard InChI is InChI=1S/C39H42F6N6O5S/c1-36(2,3)56-35(52)49-33-24(16-46)27-22(5-6-26(41)31(27)57-33)28-25(39(43,44)45)15-23-30(29(28)42)47-34(48-32(23)51-13-14-54-19-37(4,53)17-51)55-20-38(9-10-38)18-50-11-7-21(40)8-12-50/h5-6,15,21,53H,7-14,17-20H2,1-4H3,(H,49,52). The Hall–Kier alpha value is -4.44. The number of carbonyl (C=O) groups excluding carboxylic acids is 1. The number of benzene rings is 2. The Labute approximate surface area is 328 Å². The van der Waals surface area contributed by atoms with Gasteiger partial charge in [-0.25, -0.2) is 18.0 Å². The second kappa shape index (κ2) is 15.1. The first-order valence-electron chi connectivity index (χ1n) is 18.6. The van der Waals surface area contributed by atoms with Gasteiger partial charge < -0.3 is 29.1 Å². The molecule has 1 amide bonds. The smallest absolute Gasteiger partial charge is 0.417 e. The summed E-state index contributed by atoms with van der Waals surface area (Å²) in [5.74, 6) is -2.49. The molecule has 2 aliphatic heterocycles. The molecule has 4 heterocycles. The van der Waals surface area contributed by atoms with Crippen LogP contribution < -0.4 is 15.0 Å². The number of nitriles is 1. The quantitative estimate of drug-likeness (QED) is 0.168. The zero-order valence-electron chi connectivity index (χ0n) is 31.8. The number of thiophene rings is 1. The molecule has 1 aliphatic carbocycles. The van der Waals surface area contributed by atoms with E-state index in [1.165, 1.54) is 11.8 Å². The van der Waals surface area contributed by atoms with E-state index < -0.39 is 69.0 Å². The number of carbonyl (C=O) groups is 1. The number of aliphatic hydroxyl groups is 1. The van der Waals surface area contributed by atoms with Crippen LogP contribution in [0, 0.1) is 28.4 Å². The van der Waals surface area contributed by atoms with Gasteiger partial charge in [-0.1, -0.05) is 6.07 Å². The van der Waals surface area contributed by atoms with Gasteiger partial charge >= 0.3 is 18.3 Å². The van der Waals surface area contributed by atoms with Crippen LogP contribution in [0.4, 0.5) is 42.0 Å². The molecule has 18 heteroatoms. The van der Waals surface area contributed by atoms with Crippen LogP contribution in [0.15, 0.2) is 18.2 Å². The molecule has 1 unspecified atom stereocenters. The lowest BCUT2D eigenvalue weighted by atomic mass is 9.92. The zero-order valence-corrected chi connectivity index (χ0v) is 32.6. The van der Waals surface area contributed by atoms with Crippen LogP contribution in [0.3, 0.4) is 0 Å². The van der Waals surface area contributed by atoms with Crippen molar-refractivity contribution in [3.05, 3.63) is 41.0 Å². The number of anilines is 2. The molecule has 2 saturated heterocycles. The van der Waals surface area contributed by atoms with Gasteiger partial charge in [-0.15, -0.1) is 11.3 Å². The minimum Gasteiger partial charge on any atom is -0.463 e. The summed E-state index contributed by atoms with van der Waals surface area (Å²) in [5.41, 5.74) is -6.58. The summed E-state index contributed by atoms with van der Waals surface area (Å²) < 4.78 is 109. The van der Waals surface area contributed by atoms with Gasteiger partial charge in [0.1, 0.15) is 45.6 Å². The number of halogens is 6. The van der Waals surface area contributed by atoms with Crippen molar-refractivity contribution in [2.24, 2.45) is 5.41 Å². The molecular weight excluding hydrogens is 779 g/mol. The van der Waals surface area contributed by atoms with E-state index in [9.17, 15) is 19.6 Å². The normalized spacial score (nSPS) is 20.7. The summed E-state index contributed by atoms with van der Waals surface area (Å²) in [7, 11) is 0. The van der Waals surface area contributed by atoms with Crippen molar-refractivity contribution in [2.45, 2.75) is 76.9 Å². The molecule has 4 aromatic rings. The number of alkyl halides is 4. The van der Waals surface area contributed by atoms with E-state index in [0.29, 0.717) is 49.9 Å². The van der Waals surface area contributed by atoms with Gasteiger partial charge in [0.15, 0.2) is 5.82 Å². The molecule has 2 aromatic carbocycles. The van der Waals surface area contributed by atoms with Gasteiger partial charge in [-0.05, 0) is 71.1 Å². The van der Waals surface area contributed by atoms with Gasteiger partial charge in [0.25, 0.3) is 0 Å². The molecule has 11 nitrogen and oxygen atoms in total. The molecule has 306 valence electrons. The average Bonchev–Trinajstić information content (AvgIpc) is 3.83. The molecule has 1 atom stereocenters. The number of nitrogens with one attached hydrogen (secondary N) is 1. The van der Waals surface area contributed by atoms with E-state index in [2.05, 4.69) is 20.2 Å². The largest absolute Gasteiger partial charge is 0.463 e. The Morgan fingerprint density at radius 2 is 1.88 bits per heavy atom. The molecule has 2 N–H and O–H groups in total. The molecule has 3 aliphatic rings. The van der Waals surface area contributed by atoms with Gasteiger partial charge in [-0.2, -0.15) is 28.4 Å². The molecule has 3 fully saturated rings. The fourth-order valence-electron chi connectivity index (χ4n) is 7.41. The van der Waals surface area contributed by atoms with Crippen molar-refractivity contribution in [1.82, 2.24) is 14.9 Å².